The normalized spacial score (nSPS) is 10.7. The van der Waals surface area contributed by atoms with Gasteiger partial charge in [-0.25, -0.2) is 0 Å². The quantitative estimate of drug-likeness (QED) is 0.176. The summed E-state index contributed by atoms with van der Waals surface area (Å²) in [6.07, 6.45) is 0.967. The zero-order valence-corrected chi connectivity index (χ0v) is 32.2. The first-order valence-electron chi connectivity index (χ1n) is 17.6. The first kappa shape index (κ1) is 36.8. The molecule has 0 bridgehead atoms. The van der Waals surface area contributed by atoms with Gasteiger partial charge in [0.25, 0.3) is 0 Å². The van der Waals surface area contributed by atoms with Crippen LogP contribution in [-0.2, 0) is 6.42 Å². The Balaban J connectivity index is 0.000000136. The highest BCUT2D eigenvalue weighted by Gasteiger charge is 2.07. The molecule has 0 aliphatic carbocycles. The van der Waals surface area contributed by atoms with Crippen molar-refractivity contribution in [3.8, 4) is 22.3 Å². The summed E-state index contributed by atoms with van der Waals surface area (Å²) >= 11 is 7.23. The molecule has 54 heavy (non-hydrogen) atoms. The van der Waals surface area contributed by atoms with E-state index in [0.717, 1.165) is 16.6 Å². The predicted octanol–water partition coefficient (Wildman–Crippen LogP) is 15.7. The van der Waals surface area contributed by atoms with E-state index in [1.54, 1.807) is 0 Å². The maximum Gasteiger partial charge on any atom is 0.0356 e. The molecule has 10 rings (SSSR count). The van der Waals surface area contributed by atoms with Crippen LogP contribution < -0.4 is 5.73 Å². The molecule has 0 saturated carbocycles. The number of fused-ring (bicyclic) bond motifs is 6. The Morgan fingerprint density at radius 1 is 0.370 bits per heavy atom. The van der Waals surface area contributed by atoms with E-state index in [0.29, 0.717) is 0 Å². The Bertz CT molecular complexity index is 2750. The highest BCUT2D eigenvalue weighted by atomic mass is 79.9. The zero-order valence-electron chi connectivity index (χ0n) is 29.0. The van der Waals surface area contributed by atoms with Crippen LogP contribution >= 0.6 is 38.6 Å². The van der Waals surface area contributed by atoms with E-state index in [-0.39, 0.29) is 7.43 Å². The van der Waals surface area contributed by atoms with Gasteiger partial charge in [0, 0.05) is 50.5 Å². The molecule has 264 valence electrons. The number of hydrogen-bond acceptors (Lipinski definition) is 3. The van der Waals surface area contributed by atoms with Gasteiger partial charge < -0.3 is 5.73 Å². The van der Waals surface area contributed by atoms with Gasteiger partial charge in [-0.2, -0.15) is 0 Å². The fraction of sp³-hybridized carbons (Fsp3) is 0.0400. The lowest BCUT2D eigenvalue weighted by Gasteiger charge is -2.06. The third kappa shape index (κ3) is 8.48. The standard InChI is InChI=1S/C25H18S.C12H7BrS.C12H11N.CH4/c1-2-6-20(7-3-1)21-13-10-18(11-14-21)16-19-12-15-25-23(17-19)22-8-4-5-9-24(22)26-25;13-8-5-6-12-10(7-8)9-3-1-2-4-11(9)14-12;13-12-8-6-11(7-9-12)10-4-2-1-3-5-10;/h1-15,17H,16H2;1-7H;1-9H,13H2;1H4. The number of nitrogen functional groups attached to an aromatic ring is 1. The van der Waals surface area contributed by atoms with Crippen molar-refractivity contribution in [1.82, 2.24) is 0 Å². The van der Waals surface area contributed by atoms with Gasteiger partial charge >= 0.3 is 0 Å². The van der Waals surface area contributed by atoms with E-state index in [9.17, 15) is 0 Å². The number of thiophene rings is 2. The third-order valence-corrected chi connectivity index (χ3v) is 12.1. The van der Waals surface area contributed by atoms with Gasteiger partial charge in [0.2, 0.25) is 0 Å². The number of hydrogen-bond donors (Lipinski definition) is 1. The molecule has 2 N–H and O–H groups in total. The van der Waals surface area contributed by atoms with Crippen molar-refractivity contribution in [2.75, 3.05) is 5.73 Å². The maximum absolute atomic E-state index is 5.60. The van der Waals surface area contributed by atoms with Gasteiger partial charge in [-0.1, -0.05) is 163 Å². The van der Waals surface area contributed by atoms with Crippen molar-refractivity contribution in [2.24, 2.45) is 0 Å². The van der Waals surface area contributed by atoms with E-state index in [1.165, 1.54) is 73.7 Å². The highest BCUT2D eigenvalue weighted by Crippen LogP contribution is 2.36. The molecule has 2 heterocycles. The van der Waals surface area contributed by atoms with Crippen molar-refractivity contribution < 1.29 is 0 Å². The van der Waals surface area contributed by atoms with Crippen LogP contribution in [0.4, 0.5) is 5.69 Å². The molecule has 0 fully saturated rings. The second kappa shape index (κ2) is 17.1. The molecule has 4 heteroatoms. The van der Waals surface area contributed by atoms with Crippen LogP contribution in [0.2, 0.25) is 0 Å². The number of halogens is 1. The summed E-state index contributed by atoms with van der Waals surface area (Å²) in [5, 5.41) is 5.45. The molecule has 0 aliphatic heterocycles. The predicted molar refractivity (Wildman–Crippen MR) is 244 cm³/mol. The monoisotopic (exact) mass is 797 g/mol. The number of rotatable bonds is 4. The summed E-state index contributed by atoms with van der Waals surface area (Å²) in [6.45, 7) is 0. The second-order valence-electron chi connectivity index (χ2n) is 12.9. The molecule has 0 atom stereocenters. The summed E-state index contributed by atoms with van der Waals surface area (Å²) in [4.78, 5) is 0. The van der Waals surface area contributed by atoms with Crippen molar-refractivity contribution in [3.05, 3.63) is 210 Å². The average molecular weight is 799 g/mol. The van der Waals surface area contributed by atoms with Crippen molar-refractivity contribution in [2.45, 2.75) is 13.8 Å². The molecule has 10 aromatic rings. The molecular weight excluding hydrogens is 759 g/mol. The van der Waals surface area contributed by atoms with Gasteiger partial charge in [0.05, 0.1) is 0 Å². The van der Waals surface area contributed by atoms with Crippen molar-refractivity contribution in [1.29, 1.82) is 0 Å². The minimum atomic E-state index is 0. The molecule has 1 nitrogen and oxygen atoms in total. The minimum Gasteiger partial charge on any atom is -0.399 e. The first-order valence-corrected chi connectivity index (χ1v) is 20.0. The lowest BCUT2D eigenvalue weighted by molar-refractivity contribution is 1.20. The Kier molecular flexibility index (Phi) is 11.7. The lowest BCUT2D eigenvalue weighted by Crippen LogP contribution is -1.88. The van der Waals surface area contributed by atoms with Crippen molar-refractivity contribution in [3.63, 3.8) is 0 Å². The Labute approximate surface area is 334 Å². The maximum atomic E-state index is 5.60. The van der Waals surface area contributed by atoms with E-state index in [4.69, 9.17) is 5.73 Å². The molecule has 0 aliphatic rings. The van der Waals surface area contributed by atoms with Gasteiger partial charge in [-0.3, -0.25) is 0 Å². The molecular formula is C50H40BrNS2. The Morgan fingerprint density at radius 2 is 0.778 bits per heavy atom. The topological polar surface area (TPSA) is 26.0 Å². The zero-order chi connectivity index (χ0) is 36.0. The van der Waals surface area contributed by atoms with Gasteiger partial charge in [-0.15, -0.1) is 22.7 Å². The van der Waals surface area contributed by atoms with Crippen molar-refractivity contribution >= 4 is 84.6 Å². The molecule has 2 aromatic heterocycles. The van der Waals surface area contributed by atoms with E-state index >= 15 is 0 Å². The van der Waals surface area contributed by atoms with Gasteiger partial charge in [0.15, 0.2) is 0 Å². The lowest BCUT2D eigenvalue weighted by atomic mass is 9.99. The number of benzene rings is 8. The smallest absolute Gasteiger partial charge is 0.0356 e. The van der Waals surface area contributed by atoms with E-state index in [2.05, 4.69) is 168 Å². The molecule has 0 amide bonds. The van der Waals surface area contributed by atoms with Gasteiger partial charge in [0.1, 0.15) is 0 Å². The minimum absolute atomic E-state index is 0. The fourth-order valence-corrected chi connectivity index (χ4v) is 9.10. The van der Waals surface area contributed by atoms with E-state index in [1.807, 2.05) is 65.1 Å². The number of anilines is 1. The fourth-order valence-electron chi connectivity index (χ4n) is 6.57. The van der Waals surface area contributed by atoms with E-state index < -0.39 is 0 Å². The Morgan fingerprint density at radius 3 is 1.33 bits per heavy atom. The molecule has 0 saturated heterocycles. The second-order valence-corrected chi connectivity index (χ2v) is 16.0. The first-order chi connectivity index (χ1) is 26.1. The largest absolute Gasteiger partial charge is 0.399 e. The van der Waals surface area contributed by atoms with Crippen LogP contribution in [0.25, 0.3) is 62.6 Å². The summed E-state index contributed by atoms with van der Waals surface area (Å²) in [5.41, 5.74) is 14.1. The van der Waals surface area contributed by atoms with Gasteiger partial charge in [-0.05, 0) is 94.4 Å². The summed E-state index contributed by atoms with van der Waals surface area (Å²) in [7, 11) is 0. The molecule has 0 spiro atoms. The highest BCUT2D eigenvalue weighted by molar-refractivity contribution is 9.10. The molecule has 0 unspecified atom stereocenters. The van der Waals surface area contributed by atoms with Crippen LogP contribution in [0.15, 0.2) is 199 Å². The SMILES string of the molecule is Brc1ccc2sc3ccccc3c2c1.C.Nc1ccc(-c2ccccc2)cc1.c1ccc(-c2ccc(Cc3ccc4sc5ccccc5c4c3)cc2)cc1. The van der Waals surface area contributed by atoms with Crippen LogP contribution in [0.5, 0.6) is 0 Å². The van der Waals surface area contributed by atoms with Crippen LogP contribution in [-0.4, -0.2) is 0 Å². The number of nitrogens with two attached hydrogens (primary N) is 1. The summed E-state index contributed by atoms with van der Waals surface area (Å²) in [5.74, 6) is 0. The molecule has 8 aromatic carbocycles. The van der Waals surface area contributed by atoms with Crippen LogP contribution in [0, 0.1) is 0 Å². The average Bonchev–Trinajstić information content (AvgIpc) is 3.77. The summed E-state index contributed by atoms with van der Waals surface area (Å²) in [6, 6.07) is 68.2. The van der Waals surface area contributed by atoms with Crippen LogP contribution in [0.3, 0.4) is 0 Å². The third-order valence-electron chi connectivity index (χ3n) is 9.27. The van der Waals surface area contributed by atoms with Crippen LogP contribution in [0.1, 0.15) is 18.6 Å². The summed E-state index contributed by atoms with van der Waals surface area (Å²) < 4.78 is 6.60. The molecule has 0 radical (unpaired) electrons. The Hall–Kier alpha value is -5.52.